The number of nitrogens with one attached hydrogen (secondary N) is 1. The maximum absolute atomic E-state index is 13.2. The van der Waals surface area contributed by atoms with E-state index in [1.807, 2.05) is 6.07 Å². The molecule has 0 spiro atoms. The van der Waals surface area contributed by atoms with Crippen molar-refractivity contribution < 1.29 is 4.39 Å². The second-order valence-electron chi connectivity index (χ2n) is 4.30. The number of rotatable bonds is 7. The normalized spacial score (nSPS) is 12.7. The first-order valence-electron chi connectivity index (χ1n) is 6.34. The number of aryl methyl sites for hydroxylation is 1. The molecule has 3 heteroatoms. The van der Waals surface area contributed by atoms with Gasteiger partial charge in [-0.05, 0) is 49.9 Å². The van der Waals surface area contributed by atoms with Crippen LogP contribution in [-0.2, 0) is 6.42 Å². The van der Waals surface area contributed by atoms with Gasteiger partial charge in [-0.2, -0.15) is 0 Å². The fourth-order valence-electron chi connectivity index (χ4n) is 1.99. The molecule has 1 aromatic rings. The standard InChI is InChI=1S/C14H21ClFN/c1-3-12(17-4-2)7-5-6-11-8-9-13(15)14(16)10-11/h8-10,12,17H,3-7H2,1-2H3. The first kappa shape index (κ1) is 14.5. The van der Waals surface area contributed by atoms with E-state index in [2.05, 4.69) is 19.2 Å². The predicted octanol–water partition coefficient (Wildman–Crippen LogP) is 4.19. The van der Waals surface area contributed by atoms with E-state index in [0.717, 1.165) is 37.8 Å². The van der Waals surface area contributed by atoms with E-state index in [-0.39, 0.29) is 10.8 Å². The fourth-order valence-corrected chi connectivity index (χ4v) is 2.10. The van der Waals surface area contributed by atoms with Crippen LogP contribution in [0.25, 0.3) is 0 Å². The monoisotopic (exact) mass is 257 g/mol. The van der Waals surface area contributed by atoms with E-state index in [4.69, 9.17) is 11.6 Å². The first-order chi connectivity index (χ1) is 8.17. The Hall–Kier alpha value is -0.600. The van der Waals surface area contributed by atoms with Gasteiger partial charge in [-0.3, -0.25) is 0 Å². The summed E-state index contributed by atoms with van der Waals surface area (Å²) in [5, 5.41) is 3.65. The Morgan fingerprint density at radius 3 is 2.71 bits per heavy atom. The van der Waals surface area contributed by atoms with Crippen molar-refractivity contribution in [2.75, 3.05) is 6.54 Å². The van der Waals surface area contributed by atoms with Gasteiger partial charge in [-0.15, -0.1) is 0 Å². The Bertz CT molecular complexity index is 341. The highest BCUT2D eigenvalue weighted by atomic mass is 35.5. The molecule has 1 rings (SSSR count). The van der Waals surface area contributed by atoms with Crippen LogP contribution in [0.5, 0.6) is 0 Å². The lowest BCUT2D eigenvalue weighted by molar-refractivity contribution is 0.467. The molecule has 0 heterocycles. The zero-order valence-corrected chi connectivity index (χ0v) is 11.4. The summed E-state index contributed by atoms with van der Waals surface area (Å²) >= 11 is 5.64. The quantitative estimate of drug-likeness (QED) is 0.772. The van der Waals surface area contributed by atoms with E-state index in [1.54, 1.807) is 6.07 Å². The van der Waals surface area contributed by atoms with Crippen LogP contribution < -0.4 is 5.32 Å². The Morgan fingerprint density at radius 2 is 2.12 bits per heavy atom. The van der Waals surface area contributed by atoms with Crippen LogP contribution in [0.2, 0.25) is 5.02 Å². The molecule has 1 aromatic carbocycles. The van der Waals surface area contributed by atoms with Gasteiger partial charge >= 0.3 is 0 Å². The highest BCUT2D eigenvalue weighted by Gasteiger charge is 2.05. The zero-order chi connectivity index (χ0) is 12.7. The molecule has 0 aromatic heterocycles. The van der Waals surface area contributed by atoms with Gasteiger partial charge in [0, 0.05) is 6.04 Å². The van der Waals surface area contributed by atoms with Gasteiger partial charge in [-0.1, -0.05) is 31.5 Å². The van der Waals surface area contributed by atoms with Crippen LogP contribution in [0.15, 0.2) is 18.2 Å². The minimum atomic E-state index is -0.317. The molecule has 0 saturated heterocycles. The van der Waals surface area contributed by atoms with Crippen LogP contribution >= 0.6 is 11.6 Å². The summed E-state index contributed by atoms with van der Waals surface area (Å²) in [5.41, 5.74) is 1.03. The van der Waals surface area contributed by atoms with Crippen LogP contribution in [0.1, 0.15) is 38.7 Å². The van der Waals surface area contributed by atoms with E-state index >= 15 is 0 Å². The maximum Gasteiger partial charge on any atom is 0.142 e. The lowest BCUT2D eigenvalue weighted by Gasteiger charge is -2.15. The fraction of sp³-hybridized carbons (Fsp3) is 0.571. The van der Waals surface area contributed by atoms with Crippen LogP contribution in [-0.4, -0.2) is 12.6 Å². The summed E-state index contributed by atoms with van der Waals surface area (Å²) < 4.78 is 13.2. The highest BCUT2D eigenvalue weighted by molar-refractivity contribution is 6.30. The van der Waals surface area contributed by atoms with Gasteiger partial charge in [0.15, 0.2) is 0 Å². The van der Waals surface area contributed by atoms with Crippen molar-refractivity contribution in [1.82, 2.24) is 5.32 Å². The first-order valence-corrected chi connectivity index (χ1v) is 6.72. The summed E-state index contributed by atoms with van der Waals surface area (Å²) in [7, 11) is 0. The molecule has 0 radical (unpaired) electrons. The Kier molecular flexibility index (Phi) is 6.53. The van der Waals surface area contributed by atoms with Crippen molar-refractivity contribution in [2.45, 2.75) is 45.6 Å². The van der Waals surface area contributed by atoms with Crippen molar-refractivity contribution in [1.29, 1.82) is 0 Å². The number of halogens is 2. The zero-order valence-electron chi connectivity index (χ0n) is 10.6. The Morgan fingerprint density at radius 1 is 1.35 bits per heavy atom. The van der Waals surface area contributed by atoms with Gasteiger partial charge < -0.3 is 5.32 Å². The molecule has 1 unspecified atom stereocenters. The van der Waals surface area contributed by atoms with E-state index in [1.165, 1.54) is 6.07 Å². The van der Waals surface area contributed by atoms with E-state index in [0.29, 0.717) is 6.04 Å². The molecule has 0 saturated carbocycles. The number of hydrogen-bond acceptors (Lipinski definition) is 1. The van der Waals surface area contributed by atoms with Gasteiger partial charge in [0.2, 0.25) is 0 Å². The van der Waals surface area contributed by atoms with Crippen LogP contribution in [0.3, 0.4) is 0 Å². The summed E-state index contributed by atoms with van der Waals surface area (Å²) in [5.74, 6) is -0.317. The third-order valence-corrected chi connectivity index (χ3v) is 3.29. The van der Waals surface area contributed by atoms with Crippen molar-refractivity contribution >= 4 is 11.6 Å². The molecule has 0 bridgehead atoms. The van der Waals surface area contributed by atoms with Crippen molar-refractivity contribution in [2.24, 2.45) is 0 Å². The molecule has 1 atom stereocenters. The molecular formula is C14H21ClFN. The molecule has 0 aliphatic rings. The molecule has 96 valence electrons. The molecule has 17 heavy (non-hydrogen) atoms. The van der Waals surface area contributed by atoms with Gasteiger partial charge in [0.05, 0.1) is 5.02 Å². The molecular weight excluding hydrogens is 237 g/mol. The third kappa shape index (κ3) is 5.05. The molecule has 0 fully saturated rings. The van der Waals surface area contributed by atoms with Crippen molar-refractivity contribution in [3.63, 3.8) is 0 Å². The van der Waals surface area contributed by atoms with E-state index in [9.17, 15) is 4.39 Å². The van der Waals surface area contributed by atoms with Crippen LogP contribution in [0, 0.1) is 5.82 Å². The average Bonchev–Trinajstić information content (AvgIpc) is 2.32. The van der Waals surface area contributed by atoms with Crippen molar-refractivity contribution in [3.05, 3.63) is 34.6 Å². The molecule has 1 nitrogen and oxygen atoms in total. The second-order valence-corrected chi connectivity index (χ2v) is 4.71. The smallest absolute Gasteiger partial charge is 0.142 e. The highest BCUT2D eigenvalue weighted by Crippen LogP contribution is 2.17. The minimum Gasteiger partial charge on any atom is -0.314 e. The van der Waals surface area contributed by atoms with Gasteiger partial charge in [-0.25, -0.2) is 4.39 Å². The Balaban J connectivity index is 2.37. The summed E-state index contributed by atoms with van der Waals surface area (Å²) in [6.07, 6.45) is 4.26. The minimum absolute atomic E-state index is 0.202. The SMILES string of the molecule is CCNC(CC)CCCc1ccc(Cl)c(F)c1. The van der Waals surface area contributed by atoms with Gasteiger partial charge in [0.25, 0.3) is 0 Å². The lowest BCUT2D eigenvalue weighted by Crippen LogP contribution is -2.27. The predicted molar refractivity (Wildman–Crippen MR) is 72.1 cm³/mol. The molecule has 0 aliphatic carbocycles. The molecule has 0 amide bonds. The lowest BCUT2D eigenvalue weighted by atomic mass is 10.0. The second kappa shape index (κ2) is 7.67. The van der Waals surface area contributed by atoms with Crippen LogP contribution in [0.4, 0.5) is 4.39 Å². The largest absolute Gasteiger partial charge is 0.314 e. The molecule has 0 aliphatic heterocycles. The third-order valence-electron chi connectivity index (χ3n) is 2.99. The summed E-state index contributed by atoms with van der Waals surface area (Å²) in [6, 6.07) is 5.65. The summed E-state index contributed by atoms with van der Waals surface area (Å²) in [6.45, 7) is 5.32. The summed E-state index contributed by atoms with van der Waals surface area (Å²) in [4.78, 5) is 0. The maximum atomic E-state index is 13.2. The number of benzene rings is 1. The van der Waals surface area contributed by atoms with Crippen molar-refractivity contribution in [3.8, 4) is 0 Å². The van der Waals surface area contributed by atoms with E-state index < -0.39 is 0 Å². The molecule has 1 N–H and O–H groups in total. The Labute approximate surface area is 108 Å². The topological polar surface area (TPSA) is 12.0 Å². The average molecular weight is 258 g/mol. The van der Waals surface area contributed by atoms with Gasteiger partial charge in [0.1, 0.15) is 5.82 Å². The number of hydrogen-bond donors (Lipinski definition) is 1.